The van der Waals surface area contributed by atoms with Crippen molar-refractivity contribution >= 4 is 61.6 Å². The van der Waals surface area contributed by atoms with Gasteiger partial charge in [-0.25, -0.2) is 4.98 Å². The smallest absolute Gasteiger partial charge is 0.308 e. The van der Waals surface area contributed by atoms with Crippen molar-refractivity contribution in [2.24, 2.45) is 5.10 Å². The van der Waals surface area contributed by atoms with Crippen molar-refractivity contribution in [1.29, 1.82) is 0 Å². The van der Waals surface area contributed by atoms with Crippen LogP contribution in [0.25, 0.3) is 10.9 Å². The van der Waals surface area contributed by atoms with E-state index < -0.39 is 5.97 Å². The average molecular weight is 638 g/mol. The molecule has 2 aromatic carbocycles. The SMILES string of the molecule is CCOc1cc(C=Nn2c(C3CCCCC3)nc3ccc(Br)cc3c2=O)cc(I)c1OC(C)=O. The van der Waals surface area contributed by atoms with Gasteiger partial charge in [-0.15, -0.1) is 0 Å². The lowest BCUT2D eigenvalue weighted by molar-refractivity contribution is -0.132. The summed E-state index contributed by atoms with van der Waals surface area (Å²) >= 11 is 5.55. The molecule has 0 spiro atoms. The van der Waals surface area contributed by atoms with E-state index in [9.17, 15) is 9.59 Å². The first-order chi connectivity index (χ1) is 16.4. The van der Waals surface area contributed by atoms with Gasteiger partial charge in [0, 0.05) is 17.3 Å². The van der Waals surface area contributed by atoms with Crippen LogP contribution < -0.4 is 15.0 Å². The Hall–Kier alpha value is -2.27. The third kappa shape index (κ3) is 5.51. The highest BCUT2D eigenvalue weighted by Gasteiger charge is 2.22. The van der Waals surface area contributed by atoms with Gasteiger partial charge in [-0.05, 0) is 78.3 Å². The minimum atomic E-state index is -0.419. The van der Waals surface area contributed by atoms with Crippen LogP contribution >= 0.6 is 38.5 Å². The molecule has 9 heteroatoms. The molecule has 3 aromatic rings. The second kappa shape index (κ2) is 11.0. The Morgan fingerprint density at radius 2 is 2.03 bits per heavy atom. The molecule has 1 fully saturated rings. The van der Waals surface area contributed by atoms with Gasteiger partial charge in [0.15, 0.2) is 11.5 Å². The van der Waals surface area contributed by atoms with E-state index in [4.69, 9.17) is 14.5 Å². The molecule has 1 aliphatic carbocycles. The molecular formula is C25H25BrIN3O4. The van der Waals surface area contributed by atoms with E-state index in [-0.39, 0.29) is 11.5 Å². The molecule has 0 atom stereocenters. The average Bonchev–Trinajstić information content (AvgIpc) is 2.81. The first kappa shape index (κ1) is 24.8. The van der Waals surface area contributed by atoms with Crippen LogP contribution in [0, 0.1) is 3.57 Å². The minimum absolute atomic E-state index is 0.192. The first-order valence-corrected chi connectivity index (χ1v) is 13.2. The molecule has 0 unspecified atom stereocenters. The summed E-state index contributed by atoms with van der Waals surface area (Å²) in [6, 6.07) is 9.14. The van der Waals surface area contributed by atoms with Gasteiger partial charge in [-0.3, -0.25) is 9.59 Å². The number of ether oxygens (including phenoxy) is 2. The molecule has 0 radical (unpaired) electrons. The number of benzene rings is 2. The zero-order chi connectivity index (χ0) is 24.2. The van der Waals surface area contributed by atoms with Crippen LogP contribution in [0.5, 0.6) is 11.5 Å². The van der Waals surface area contributed by atoms with Crippen LogP contribution in [-0.4, -0.2) is 28.5 Å². The highest BCUT2D eigenvalue weighted by atomic mass is 127. The summed E-state index contributed by atoms with van der Waals surface area (Å²) in [5.41, 5.74) is 1.21. The number of halogens is 2. The summed E-state index contributed by atoms with van der Waals surface area (Å²) < 4.78 is 14.0. The fourth-order valence-corrected chi connectivity index (χ4v) is 5.29. The van der Waals surface area contributed by atoms with Crippen molar-refractivity contribution in [3.63, 3.8) is 0 Å². The van der Waals surface area contributed by atoms with Crippen LogP contribution in [0.15, 0.2) is 44.7 Å². The second-order valence-electron chi connectivity index (χ2n) is 8.18. The first-order valence-electron chi connectivity index (χ1n) is 11.3. The van der Waals surface area contributed by atoms with Gasteiger partial charge in [0.05, 0.1) is 27.3 Å². The molecule has 0 aliphatic heterocycles. The van der Waals surface area contributed by atoms with Crippen molar-refractivity contribution in [3.05, 3.63) is 60.1 Å². The maximum absolute atomic E-state index is 13.5. The summed E-state index contributed by atoms with van der Waals surface area (Å²) in [6.45, 7) is 3.63. The number of nitrogens with zero attached hydrogens (tertiary/aromatic N) is 3. The molecule has 7 nitrogen and oxygen atoms in total. The van der Waals surface area contributed by atoms with Gasteiger partial charge < -0.3 is 9.47 Å². The number of carbonyl (C=O) groups is 1. The van der Waals surface area contributed by atoms with Crippen LogP contribution in [0.3, 0.4) is 0 Å². The summed E-state index contributed by atoms with van der Waals surface area (Å²) in [6.07, 6.45) is 7.06. The molecular weight excluding hydrogens is 613 g/mol. The molecule has 0 amide bonds. The molecule has 1 aliphatic rings. The Kier molecular flexibility index (Phi) is 8.02. The van der Waals surface area contributed by atoms with Crippen LogP contribution in [0.2, 0.25) is 0 Å². The number of fused-ring (bicyclic) bond motifs is 1. The third-order valence-corrected chi connectivity index (χ3v) is 7.00. The fraction of sp³-hybridized carbons (Fsp3) is 0.360. The van der Waals surface area contributed by atoms with Gasteiger partial charge in [0.1, 0.15) is 5.82 Å². The number of esters is 1. The van der Waals surface area contributed by atoms with E-state index in [1.807, 2.05) is 25.1 Å². The van der Waals surface area contributed by atoms with Crippen molar-refractivity contribution in [2.45, 2.75) is 51.9 Å². The third-order valence-electron chi connectivity index (χ3n) is 5.70. The zero-order valence-corrected chi connectivity index (χ0v) is 22.8. The number of hydrogen-bond donors (Lipinski definition) is 0. The normalized spacial score (nSPS) is 14.6. The Bertz CT molecular complexity index is 1320. The van der Waals surface area contributed by atoms with E-state index in [0.717, 1.165) is 35.7 Å². The highest BCUT2D eigenvalue weighted by molar-refractivity contribution is 14.1. The Labute approximate surface area is 219 Å². The summed E-state index contributed by atoms with van der Waals surface area (Å²) in [7, 11) is 0. The lowest BCUT2D eigenvalue weighted by atomic mass is 9.88. The highest BCUT2D eigenvalue weighted by Crippen LogP contribution is 2.34. The number of hydrogen-bond acceptors (Lipinski definition) is 6. The standard InChI is InChI=1S/C25H25BrIN3O4/c1-3-33-22-12-16(11-20(27)23(22)34-15(2)31)14-28-30-24(17-7-5-4-6-8-17)29-21-10-9-18(26)13-19(21)25(30)32/h9-14,17H,3-8H2,1-2H3. The molecule has 0 bridgehead atoms. The predicted octanol–water partition coefficient (Wildman–Crippen LogP) is 6.02. The quantitative estimate of drug-likeness (QED) is 0.143. The Balaban J connectivity index is 1.81. The predicted molar refractivity (Wildman–Crippen MR) is 144 cm³/mol. The van der Waals surface area contributed by atoms with E-state index in [1.165, 1.54) is 18.0 Å². The molecule has 1 aromatic heterocycles. The molecule has 1 heterocycles. The molecule has 0 N–H and O–H groups in total. The Morgan fingerprint density at radius 3 is 2.74 bits per heavy atom. The van der Waals surface area contributed by atoms with E-state index in [1.54, 1.807) is 18.3 Å². The van der Waals surface area contributed by atoms with Gasteiger partial charge in [0.25, 0.3) is 5.56 Å². The second-order valence-corrected chi connectivity index (χ2v) is 10.3. The van der Waals surface area contributed by atoms with Crippen LogP contribution in [0.1, 0.15) is 63.3 Å². The summed E-state index contributed by atoms with van der Waals surface area (Å²) in [4.78, 5) is 29.9. The maximum Gasteiger partial charge on any atom is 0.308 e. The van der Waals surface area contributed by atoms with Crippen molar-refractivity contribution in [1.82, 2.24) is 9.66 Å². The topological polar surface area (TPSA) is 82.8 Å². The fourth-order valence-electron chi connectivity index (χ4n) is 4.20. The van der Waals surface area contributed by atoms with Crippen LogP contribution in [0.4, 0.5) is 0 Å². The van der Waals surface area contributed by atoms with Gasteiger partial charge in [-0.1, -0.05) is 35.2 Å². The maximum atomic E-state index is 13.5. The van der Waals surface area contributed by atoms with Gasteiger partial charge in [-0.2, -0.15) is 9.78 Å². The number of carbonyl (C=O) groups excluding carboxylic acids is 1. The minimum Gasteiger partial charge on any atom is -0.490 e. The number of aromatic nitrogens is 2. The molecule has 178 valence electrons. The van der Waals surface area contributed by atoms with Crippen molar-refractivity contribution in [2.75, 3.05) is 6.61 Å². The lowest BCUT2D eigenvalue weighted by Gasteiger charge is -2.22. The lowest BCUT2D eigenvalue weighted by Crippen LogP contribution is -2.25. The molecule has 0 saturated heterocycles. The van der Waals surface area contributed by atoms with E-state index in [2.05, 4.69) is 43.6 Å². The zero-order valence-electron chi connectivity index (χ0n) is 19.0. The van der Waals surface area contributed by atoms with Crippen molar-refractivity contribution in [3.8, 4) is 11.5 Å². The molecule has 1 saturated carbocycles. The van der Waals surface area contributed by atoms with E-state index >= 15 is 0 Å². The Morgan fingerprint density at radius 1 is 1.26 bits per heavy atom. The monoisotopic (exact) mass is 637 g/mol. The summed E-state index contributed by atoms with van der Waals surface area (Å²) in [5, 5.41) is 5.11. The summed E-state index contributed by atoms with van der Waals surface area (Å²) in [5.74, 6) is 1.30. The molecule has 34 heavy (non-hydrogen) atoms. The van der Waals surface area contributed by atoms with Crippen molar-refractivity contribution < 1.29 is 14.3 Å². The van der Waals surface area contributed by atoms with Gasteiger partial charge in [0.2, 0.25) is 0 Å². The van der Waals surface area contributed by atoms with E-state index in [0.29, 0.717) is 38.4 Å². The van der Waals surface area contributed by atoms with Crippen LogP contribution in [-0.2, 0) is 4.79 Å². The largest absolute Gasteiger partial charge is 0.490 e. The van der Waals surface area contributed by atoms with Gasteiger partial charge >= 0.3 is 5.97 Å². The molecule has 4 rings (SSSR count). The number of rotatable bonds is 6.